The van der Waals surface area contributed by atoms with Crippen molar-refractivity contribution in [2.45, 2.75) is 26.7 Å². The Morgan fingerprint density at radius 3 is 2.00 bits per heavy atom. The van der Waals surface area contributed by atoms with Crippen LogP contribution < -0.4 is 0 Å². The van der Waals surface area contributed by atoms with Crippen LogP contribution in [0.3, 0.4) is 0 Å². The summed E-state index contributed by atoms with van der Waals surface area (Å²) in [6.45, 7) is 6.54. The first-order valence-corrected chi connectivity index (χ1v) is 3.76. The van der Waals surface area contributed by atoms with Crippen LogP contribution in [-0.4, -0.2) is 0 Å². The normalized spacial score (nSPS) is 10.4. The fourth-order valence-electron chi connectivity index (χ4n) is 0.951. The second kappa shape index (κ2) is 2.87. The standard InChI is InChI=1S/C10H14.H2/c1-8(2)10-6-4-9(3)5-7-10;/h4-8H,1-3H3;1H. The molecule has 0 unspecified atom stereocenters. The number of hydrogen-bond acceptors (Lipinski definition) is 0. The van der Waals surface area contributed by atoms with Crippen LogP contribution in [0, 0.1) is 6.92 Å². The van der Waals surface area contributed by atoms with E-state index in [1.54, 1.807) is 0 Å². The molecule has 0 atom stereocenters. The molecule has 0 heterocycles. The third-order valence-electron chi connectivity index (χ3n) is 1.74. The van der Waals surface area contributed by atoms with Crippen molar-refractivity contribution in [3.05, 3.63) is 35.4 Å². The van der Waals surface area contributed by atoms with Gasteiger partial charge in [0.05, 0.1) is 0 Å². The summed E-state index contributed by atoms with van der Waals surface area (Å²) < 4.78 is 0. The Labute approximate surface area is 64.4 Å². The third kappa shape index (κ3) is 1.60. The molecule has 0 fully saturated rings. The van der Waals surface area contributed by atoms with Crippen molar-refractivity contribution in [1.82, 2.24) is 0 Å². The van der Waals surface area contributed by atoms with E-state index in [2.05, 4.69) is 45.0 Å². The summed E-state index contributed by atoms with van der Waals surface area (Å²) in [5.74, 6) is 0.653. The molecule has 0 nitrogen and oxygen atoms in total. The first-order valence-electron chi connectivity index (χ1n) is 3.76. The van der Waals surface area contributed by atoms with Gasteiger partial charge in [0, 0.05) is 1.43 Å². The zero-order valence-corrected chi connectivity index (χ0v) is 6.89. The predicted molar refractivity (Wildman–Crippen MR) is 47.4 cm³/mol. The van der Waals surface area contributed by atoms with E-state index in [-0.39, 0.29) is 1.43 Å². The fraction of sp³-hybridized carbons (Fsp3) is 0.400. The highest BCUT2D eigenvalue weighted by molar-refractivity contribution is 5.23. The molecule has 0 heteroatoms. The monoisotopic (exact) mass is 136 g/mol. The number of hydrogen-bond donors (Lipinski definition) is 0. The largest absolute Gasteiger partial charge is 0.0590 e. The van der Waals surface area contributed by atoms with E-state index in [1.165, 1.54) is 11.1 Å². The van der Waals surface area contributed by atoms with E-state index in [0.717, 1.165) is 0 Å². The maximum atomic E-state index is 2.21. The molecule has 1 aromatic rings. The summed E-state index contributed by atoms with van der Waals surface area (Å²) in [5.41, 5.74) is 2.76. The Morgan fingerprint density at radius 2 is 1.60 bits per heavy atom. The second-order valence-electron chi connectivity index (χ2n) is 3.07. The van der Waals surface area contributed by atoms with Crippen LogP contribution in [0.4, 0.5) is 0 Å². The van der Waals surface area contributed by atoms with Crippen LogP contribution in [-0.2, 0) is 0 Å². The molecule has 0 radical (unpaired) electrons. The van der Waals surface area contributed by atoms with Gasteiger partial charge >= 0.3 is 0 Å². The van der Waals surface area contributed by atoms with Gasteiger partial charge in [0.15, 0.2) is 0 Å². The topological polar surface area (TPSA) is 0 Å². The third-order valence-corrected chi connectivity index (χ3v) is 1.74. The first kappa shape index (κ1) is 7.33. The van der Waals surface area contributed by atoms with Gasteiger partial charge in [-0.25, -0.2) is 0 Å². The second-order valence-corrected chi connectivity index (χ2v) is 3.07. The molecule has 1 aromatic carbocycles. The van der Waals surface area contributed by atoms with E-state index in [1.807, 2.05) is 0 Å². The maximum Gasteiger partial charge on any atom is 0 e. The van der Waals surface area contributed by atoms with Crippen LogP contribution >= 0.6 is 0 Å². The van der Waals surface area contributed by atoms with Crippen molar-refractivity contribution >= 4 is 0 Å². The summed E-state index contributed by atoms with van der Waals surface area (Å²) in [4.78, 5) is 0. The van der Waals surface area contributed by atoms with E-state index in [0.29, 0.717) is 5.92 Å². The lowest BCUT2D eigenvalue weighted by Crippen LogP contribution is -1.85. The van der Waals surface area contributed by atoms with Crippen LogP contribution in [0.5, 0.6) is 0 Å². The molecule has 0 spiro atoms. The Hall–Kier alpha value is -0.780. The Kier molecular flexibility index (Phi) is 2.10. The fourth-order valence-corrected chi connectivity index (χ4v) is 0.951. The van der Waals surface area contributed by atoms with Crippen LogP contribution in [0.15, 0.2) is 24.3 Å². The van der Waals surface area contributed by atoms with Gasteiger partial charge in [-0.05, 0) is 18.4 Å². The van der Waals surface area contributed by atoms with Gasteiger partial charge in [0.1, 0.15) is 0 Å². The molecule has 0 aliphatic rings. The molecule has 0 amide bonds. The first-order chi connectivity index (χ1) is 4.70. The van der Waals surface area contributed by atoms with Crippen molar-refractivity contribution in [2.75, 3.05) is 0 Å². The SMILES string of the molecule is Cc1ccc(C(C)C)cc1.[HH]. The maximum absolute atomic E-state index is 2.21. The number of rotatable bonds is 1. The van der Waals surface area contributed by atoms with Crippen LogP contribution in [0.2, 0.25) is 0 Å². The van der Waals surface area contributed by atoms with Crippen molar-refractivity contribution in [2.24, 2.45) is 0 Å². The van der Waals surface area contributed by atoms with Gasteiger partial charge in [0.25, 0.3) is 0 Å². The zero-order valence-electron chi connectivity index (χ0n) is 6.89. The number of aryl methyl sites for hydroxylation is 1. The molecule has 0 aromatic heterocycles. The molecular formula is C10H16. The lowest BCUT2D eigenvalue weighted by molar-refractivity contribution is 0.866. The summed E-state index contributed by atoms with van der Waals surface area (Å²) >= 11 is 0. The molecule has 0 N–H and O–H groups in total. The van der Waals surface area contributed by atoms with Gasteiger partial charge in [-0.1, -0.05) is 43.7 Å². The summed E-state index contributed by atoms with van der Waals surface area (Å²) in [6, 6.07) is 8.71. The average molecular weight is 136 g/mol. The minimum atomic E-state index is 0. The molecule has 56 valence electrons. The molecule has 0 saturated carbocycles. The van der Waals surface area contributed by atoms with Crippen LogP contribution in [0.1, 0.15) is 32.3 Å². The van der Waals surface area contributed by atoms with E-state index < -0.39 is 0 Å². The minimum absolute atomic E-state index is 0. The van der Waals surface area contributed by atoms with Crippen LogP contribution in [0.25, 0.3) is 0 Å². The molecule has 10 heavy (non-hydrogen) atoms. The van der Waals surface area contributed by atoms with Crippen molar-refractivity contribution < 1.29 is 1.43 Å². The van der Waals surface area contributed by atoms with Crippen molar-refractivity contribution in [3.63, 3.8) is 0 Å². The quantitative estimate of drug-likeness (QED) is 0.555. The highest BCUT2D eigenvalue weighted by Gasteiger charge is 1.95. The minimum Gasteiger partial charge on any atom is -0.0590 e. The summed E-state index contributed by atoms with van der Waals surface area (Å²) in [7, 11) is 0. The van der Waals surface area contributed by atoms with Gasteiger partial charge < -0.3 is 0 Å². The van der Waals surface area contributed by atoms with Gasteiger partial charge in [-0.15, -0.1) is 0 Å². The molecule has 0 aliphatic heterocycles. The summed E-state index contributed by atoms with van der Waals surface area (Å²) in [5, 5.41) is 0. The highest BCUT2D eigenvalue weighted by Crippen LogP contribution is 2.13. The molecule has 0 saturated heterocycles. The van der Waals surface area contributed by atoms with E-state index in [9.17, 15) is 0 Å². The Morgan fingerprint density at radius 1 is 1.10 bits per heavy atom. The van der Waals surface area contributed by atoms with Gasteiger partial charge in [-0.3, -0.25) is 0 Å². The zero-order chi connectivity index (χ0) is 7.56. The van der Waals surface area contributed by atoms with Crippen molar-refractivity contribution in [1.29, 1.82) is 0 Å². The molecule has 0 aliphatic carbocycles. The van der Waals surface area contributed by atoms with Gasteiger partial charge in [-0.2, -0.15) is 0 Å². The van der Waals surface area contributed by atoms with E-state index in [4.69, 9.17) is 0 Å². The molecule has 0 bridgehead atoms. The lowest BCUT2D eigenvalue weighted by Gasteiger charge is -2.03. The van der Waals surface area contributed by atoms with E-state index >= 15 is 0 Å². The smallest absolute Gasteiger partial charge is 0 e. The average Bonchev–Trinajstić information content (AvgIpc) is 1.88. The Balaban J connectivity index is 0.000001000. The highest BCUT2D eigenvalue weighted by atomic mass is 14.0. The Bertz CT molecular complexity index is 199. The summed E-state index contributed by atoms with van der Waals surface area (Å²) in [6.07, 6.45) is 0. The van der Waals surface area contributed by atoms with Gasteiger partial charge in [0.2, 0.25) is 0 Å². The molecule has 1 rings (SSSR count). The molecular weight excluding hydrogens is 120 g/mol. The van der Waals surface area contributed by atoms with Crippen molar-refractivity contribution in [3.8, 4) is 0 Å². The number of benzene rings is 1. The lowest BCUT2D eigenvalue weighted by atomic mass is 10.0. The predicted octanol–water partition coefficient (Wildman–Crippen LogP) is 3.36.